The van der Waals surface area contributed by atoms with Crippen molar-refractivity contribution in [2.24, 2.45) is 0 Å². The van der Waals surface area contributed by atoms with E-state index < -0.39 is 0 Å². The van der Waals surface area contributed by atoms with Crippen molar-refractivity contribution in [2.45, 2.75) is 18.9 Å². The minimum absolute atomic E-state index is 0.103. The predicted octanol–water partition coefficient (Wildman–Crippen LogP) is 4.66. The lowest BCUT2D eigenvalue weighted by Crippen LogP contribution is -2.44. The van der Waals surface area contributed by atoms with Crippen LogP contribution in [0.1, 0.15) is 30.0 Å². The number of benzene rings is 2. The van der Waals surface area contributed by atoms with Gasteiger partial charge in [-0.2, -0.15) is 4.98 Å². The number of ether oxygens (including phenoxy) is 1. The Bertz CT molecular complexity index is 1220. The zero-order valence-electron chi connectivity index (χ0n) is 21.3. The number of hydroxylamine groups is 1. The highest BCUT2D eigenvalue weighted by Crippen LogP contribution is 2.39. The van der Waals surface area contributed by atoms with Crippen molar-refractivity contribution < 1.29 is 9.57 Å². The van der Waals surface area contributed by atoms with Gasteiger partial charge < -0.3 is 19.9 Å². The molecule has 37 heavy (non-hydrogen) atoms. The van der Waals surface area contributed by atoms with Crippen LogP contribution in [0, 0.1) is 0 Å². The van der Waals surface area contributed by atoms with E-state index in [1.54, 1.807) is 0 Å². The molecular weight excluding hydrogens is 464 g/mol. The fourth-order valence-corrected chi connectivity index (χ4v) is 5.20. The Balaban J connectivity index is 1.27. The van der Waals surface area contributed by atoms with Gasteiger partial charge >= 0.3 is 0 Å². The fourth-order valence-electron chi connectivity index (χ4n) is 5.20. The van der Waals surface area contributed by atoms with Crippen molar-refractivity contribution >= 4 is 28.7 Å². The van der Waals surface area contributed by atoms with Crippen molar-refractivity contribution in [3.05, 3.63) is 78.0 Å². The SMILES string of the molecule is CN1CCN(c2ccc(Nc3ncc(C4=CCOCC4)c(N4OCCC4c4ccccc4)n3)cc2)CC1. The number of aromatic nitrogens is 2. The second-order valence-electron chi connectivity index (χ2n) is 9.82. The fraction of sp³-hybridized carbons (Fsp3) is 0.379. The Kier molecular flexibility index (Phi) is 7.03. The van der Waals surface area contributed by atoms with Gasteiger partial charge in [0.15, 0.2) is 5.82 Å². The van der Waals surface area contributed by atoms with Crippen LogP contribution < -0.4 is 15.3 Å². The predicted molar refractivity (Wildman–Crippen MR) is 147 cm³/mol. The van der Waals surface area contributed by atoms with E-state index in [1.165, 1.54) is 16.8 Å². The van der Waals surface area contributed by atoms with Crippen molar-refractivity contribution in [1.82, 2.24) is 14.9 Å². The molecule has 1 aromatic heterocycles. The summed E-state index contributed by atoms with van der Waals surface area (Å²) in [4.78, 5) is 20.7. The highest BCUT2D eigenvalue weighted by molar-refractivity contribution is 5.76. The van der Waals surface area contributed by atoms with Gasteiger partial charge in [0.2, 0.25) is 5.95 Å². The molecule has 2 aromatic carbocycles. The topological polar surface area (TPSA) is 66.0 Å². The second-order valence-corrected chi connectivity index (χ2v) is 9.82. The minimum Gasteiger partial charge on any atom is -0.377 e. The molecule has 192 valence electrons. The summed E-state index contributed by atoms with van der Waals surface area (Å²) in [6, 6.07) is 19.2. The van der Waals surface area contributed by atoms with Crippen LogP contribution in [0.2, 0.25) is 0 Å². The van der Waals surface area contributed by atoms with Gasteiger partial charge in [-0.05, 0) is 48.9 Å². The average molecular weight is 499 g/mol. The van der Waals surface area contributed by atoms with E-state index >= 15 is 0 Å². The zero-order chi connectivity index (χ0) is 25.0. The molecule has 8 nitrogen and oxygen atoms in total. The third-order valence-corrected chi connectivity index (χ3v) is 7.37. The summed E-state index contributed by atoms with van der Waals surface area (Å²) in [5.41, 5.74) is 5.63. The summed E-state index contributed by atoms with van der Waals surface area (Å²) in [6.07, 6.45) is 5.79. The molecule has 8 heteroatoms. The van der Waals surface area contributed by atoms with Crippen LogP contribution >= 0.6 is 0 Å². The Morgan fingerprint density at radius 2 is 1.76 bits per heavy atom. The van der Waals surface area contributed by atoms with Crippen LogP contribution in [-0.4, -0.2) is 67.9 Å². The van der Waals surface area contributed by atoms with E-state index in [2.05, 4.69) is 76.8 Å². The molecule has 0 aliphatic carbocycles. The Hall–Kier alpha value is -3.46. The molecule has 2 fully saturated rings. The smallest absolute Gasteiger partial charge is 0.229 e. The van der Waals surface area contributed by atoms with Gasteiger partial charge in [0.25, 0.3) is 0 Å². The number of nitrogens with one attached hydrogen (secondary N) is 1. The maximum atomic E-state index is 6.18. The monoisotopic (exact) mass is 498 g/mol. The summed E-state index contributed by atoms with van der Waals surface area (Å²) >= 11 is 0. The van der Waals surface area contributed by atoms with Gasteiger partial charge in [0.05, 0.1) is 25.9 Å². The van der Waals surface area contributed by atoms with E-state index in [-0.39, 0.29) is 6.04 Å². The van der Waals surface area contributed by atoms with E-state index in [1.807, 2.05) is 17.3 Å². The number of likely N-dealkylation sites (N-methyl/N-ethyl adjacent to an activating group) is 1. The van der Waals surface area contributed by atoms with Crippen molar-refractivity contribution in [2.75, 3.05) is 68.3 Å². The highest BCUT2D eigenvalue weighted by atomic mass is 16.7. The molecule has 3 aromatic rings. The van der Waals surface area contributed by atoms with Crippen LogP contribution in [-0.2, 0) is 9.57 Å². The lowest BCUT2D eigenvalue weighted by Gasteiger charge is -2.34. The third kappa shape index (κ3) is 5.32. The van der Waals surface area contributed by atoms with Crippen LogP contribution in [0.3, 0.4) is 0 Å². The Morgan fingerprint density at radius 3 is 2.51 bits per heavy atom. The second kappa shape index (κ2) is 10.9. The van der Waals surface area contributed by atoms with Gasteiger partial charge in [-0.1, -0.05) is 36.4 Å². The molecule has 3 aliphatic rings. The summed E-state index contributed by atoms with van der Waals surface area (Å²) < 4.78 is 5.56. The quantitative estimate of drug-likeness (QED) is 0.527. The molecular formula is C29H34N6O2. The molecule has 0 spiro atoms. The first-order chi connectivity index (χ1) is 18.2. The number of rotatable bonds is 6. The number of anilines is 4. The Labute approximate surface area is 218 Å². The van der Waals surface area contributed by atoms with E-state index in [9.17, 15) is 0 Å². The zero-order valence-corrected chi connectivity index (χ0v) is 21.3. The highest BCUT2D eigenvalue weighted by Gasteiger charge is 2.32. The van der Waals surface area contributed by atoms with E-state index in [0.29, 0.717) is 25.8 Å². The lowest BCUT2D eigenvalue weighted by molar-refractivity contribution is 0.155. The van der Waals surface area contributed by atoms with Crippen LogP contribution in [0.15, 0.2) is 66.9 Å². The van der Waals surface area contributed by atoms with Gasteiger partial charge in [-0.25, -0.2) is 10.0 Å². The first-order valence-electron chi connectivity index (χ1n) is 13.2. The molecule has 0 saturated carbocycles. The van der Waals surface area contributed by atoms with Crippen molar-refractivity contribution in [3.8, 4) is 0 Å². The van der Waals surface area contributed by atoms with Gasteiger partial charge in [0, 0.05) is 55.7 Å². The van der Waals surface area contributed by atoms with Crippen LogP contribution in [0.5, 0.6) is 0 Å². The largest absolute Gasteiger partial charge is 0.377 e. The molecule has 0 bridgehead atoms. The molecule has 1 N–H and O–H groups in total. The molecule has 2 saturated heterocycles. The Morgan fingerprint density at radius 1 is 0.946 bits per heavy atom. The van der Waals surface area contributed by atoms with E-state index in [4.69, 9.17) is 19.5 Å². The normalized spacial score (nSPS) is 20.7. The average Bonchev–Trinajstić information content (AvgIpc) is 3.45. The molecule has 4 heterocycles. The number of hydrogen-bond donors (Lipinski definition) is 1. The molecule has 6 rings (SSSR count). The van der Waals surface area contributed by atoms with Gasteiger partial charge in [-0.3, -0.25) is 4.84 Å². The summed E-state index contributed by atoms with van der Waals surface area (Å²) in [5.74, 6) is 1.35. The van der Waals surface area contributed by atoms with Crippen molar-refractivity contribution in [3.63, 3.8) is 0 Å². The lowest BCUT2D eigenvalue weighted by atomic mass is 10.0. The number of nitrogens with zero attached hydrogens (tertiary/aromatic N) is 5. The van der Waals surface area contributed by atoms with Crippen LogP contribution in [0.25, 0.3) is 5.57 Å². The number of piperazine rings is 1. The standard InChI is InChI=1S/C29H34N6O2/c1-33-14-16-34(17-15-33)25-9-7-24(8-10-25)31-29-30-21-26(22-11-18-36-19-12-22)28(32-29)35-27(13-20-37-35)23-5-3-2-4-6-23/h2-11,21,27H,12-20H2,1H3,(H,30,31,32). The maximum Gasteiger partial charge on any atom is 0.229 e. The summed E-state index contributed by atoms with van der Waals surface area (Å²) in [7, 11) is 2.18. The van der Waals surface area contributed by atoms with Gasteiger partial charge in [-0.15, -0.1) is 0 Å². The minimum atomic E-state index is 0.103. The van der Waals surface area contributed by atoms with Crippen molar-refractivity contribution in [1.29, 1.82) is 0 Å². The molecule has 3 aliphatic heterocycles. The summed E-state index contributed by atoms with van der Waals surface area (Å²) in [5, 5.41) is 5.39. The molecule has 0 amide bonds. The maximum absolute atomic E-state index is 6.18. The van der Waals surface area contributed by atoms with Crippen LogP contribution in [0.4, 0.5) is 23.1 Å². The molecule has 1 atom stereocenters. The summed E-state index contributed by atoms with van der Waals surface area (Å²) in [6.45, 7) is 6.25. The first kappa shape index (κ1) is 23.9. The van der Waals surface area contributed by atoms with E-state index in [0.717, 1.165) is 56.1 Å². The number of hydrogen-bond acceptors (Lipinski definition) is 8. The third-order valence-electron chi connectivity index (χ3n) is 7.37. The first-order valence-corrected chi connectivity index (χ1v) is 13.2. The molecule has 1 unspecified atom stereocenters. The molecule has 0 radical (unpaired) electrons. The van der Waals surface area contributed by atoms with Gasteiger partial charge in [0.1, 0.15) is 0 Å².